The van der Waals surface area contributed by atoms with Gasteiger partial charge >= 0.3 is 0 Å². The zero-order valence-electron chi connectivity index (χ0n) is 9.52. The Morgan fingerprint density at radius 3 is 2.43 bits per heavy atom. The Labute approximate surface area is 102 Å². The van der Waals surface area contributed by atoms with Crippen LogP contribution in [0, 0.1) is 0 Å². The fourth-order valence-electron chi connectivity index (χ4n) is 1.19. The number of hydrogen-bond acceptors (Lipinski definition) is 2. The first kappa shape index (κ1) is 14.6. The monoisotopic (exact) mass is 313 g/mol. The lowest BCUT2D eigenvalue weighted by Crippen LogP contribution is -2.22. The predicted molar refractivity (Wildman–Crippen MR) is 71.3 cm³/mol. The van der Waals surface area contributed by atoms with Crippen molar-refractivity contribution in [2.24, 2.45) is 0 Å². The minimum Gasteiger partial charge on any atom is -0.377 e. The van der Waals surface area contributed by atoms with Crippen molar-refractivity contribution >= 4 is 22.6 Å². The molecule has 0 heterocycles. The number of halogens is 1. The molecule has 3 heteroatoms. The van der Waals surface area contributed by atoms with E-state index in [9.17, 15) is 0 Å². The van der Waals surface area contributed by atoms with Crippen LogP contribution in [-0.4, -0.2) is 30.2 Å². The molecule has 14 heavy (non-hydrogen) atoms. The molecule has 86 valence electrons. The van der Waals surface area contributed by atoms with Crippen LogP contribution in [0.15, 0.2) is 0 Å². The van der Waals surface area contributed by atoms with Gasteiger partial charge in [0.1, 0.15) is 0 Å². The van der Waals surface area contributed by atoms with E-state index in [1.54, 1.807) is 0 Å². The molecule has 0 rings (SSSR count). The van der Waals surface area contributed by atoms with Crippen LogP contribution in [0.25, 0.3) is 0 Å². The number of hydrogen-bond donors (Lipinski definition) is 1. The smallest absolute Gasteiger partial charge is 0.0594 e. The van der Waals surface area contributed by atoms with E-state index in [1.165, 1.54) is 30.1 Å². The van der Waals surface area contributed by atoms with Gasteiger partial charge in [0.05, 0.1) is 12.7 Å². The highest BCUT2D eigenvalue weighted by Crippen LogP contribution is 2.00. The minimum atomic E-state index is 0.362. The summed E-state index contributed by atoms with van der Waals surface area (Å²) in [6, 6.07) is 0. The standard InChI is InChI=1S/C11H24INO/c1-11(2)14-10-9-13-8-6-4-3-5-7-12/h11,13H,3-10H2,1-2H3. The second kappa shape index (κ2) is 11.7. The molecule has 0 aliphatic rings. The number of alkyl halides is 1. The third kappa shape index (κ3) is 12.7. The van der Waals surface area contributed by atoms with Crippen LogP contribution in [0.4, 0.5) is 0 Å². The van der Waals surface area contributed by atoms with Gasteiger partial charge in [0.25, 0.3) is 0 Å². The molecule has 0 amide bonds. The van der Waals surface area contributed by atoms with E-state index in [-0.39, 0.29) is 0 Å². The summed E-state index contributed by atoms with van der Waals surface area (Å²) in [6.07, 6.45) is 5.78. The lowest BCUT2D eigenvalue weighted by atomic mass is 10.2. The van der Waals surface area contributed by atoms with Gasteiger partial charge in [0, 0.05) is 6.54 Å². The second-order valence-electron chi connectivity index (χ2n) is 3.77. The first-order valence-electron chi connectivity index (χ1n) is 5.65. The average molecular weight is 313 g/mol. The zero-order valence-corrected chi connectivity index (χ0v) is 11.7. The van der Waals surface area contributed by atoms with Crippen molar-refractivity contribution in [1.82, 2.24) is 5.32 Å². The van der Waals surface area contributed by atoms with Crippen molar-refractivity contribution in [3.05, 3.63) is 0 Å². The summed E-state index contributed by atoms with van der Waals surface area (Å²) < 4.78 is 6.72. The van der Waals surface area contributed by atoms with Crippen molar-refractivity contribution in [3.63, 3.8) is 0 Å². The first-order valence-corrected chi connectivity index (χ1v) is 7.18. The predicted octanol–water partition coefficient (Wildman–Crippen LogP) is 3.00. The minimum absolute atomic E-state index is 0.362. The molecule has 1 N–H and O–H groups in total. The summed E-state index contributed by atoms with van der Waals surface area (Å²) in [4.78, 5) is 0. The normalized spacial score (nSPS) is 11.1. The molecule has 0 saturated heterocycles. The summed E-state index contributed by atoms with van der Waals surface area (Å²) in [6.45, 7) is 7.12. The first-order chi connectivity index (χ1) is 6.77. The van der Waals surface area contributed by atoms with Gasteiger partial charge in [0.15, 0.2) is 0 Å². The molecular formula is C11H24INO. The Morgan fingerprint density at radius 2 is 1.79 bits per heavy atom. The largest absolute Gasteiger partial charge is 0.377 e. The van der Waals surface area contributed by atoms with Crippen LogP contribution in [0.1, 0.15) is 39.5 Å². The van der Waals surface area contributed by atoms with Crippen molar-refractivity contribution in [1.29, 1.82) is 0 Å². The van der Waals surface area contributed by atoms with Crippen molar-refractivity contribution in [3.8, 4) is 0 Å². The van der Waals surface area contributed by atoms with Crippen molar-refractivity contribution in [2.75, 3.05) is 24.1 Å². The van der Waals surface area contributed by atoms with Crippen LogP contribution in [0.2, 0.25) is 0 Å². The van der Waals surface area contributed by atoms with Gasteiger partial charge in [-0.05, 0) is 37.7 Å². The van der Waals surface area contributed by atoms with E-state index in [1.807, 2.05) is 0 Å². The van der Waals surface area contributed by atoms with E-state index in [0.29, 0.717) is 6.10 Å². The molecular weight excluding hydrogens is 289 g/mol. The Morgan fingerprint density at radius 1 is 1.07 bits per heavy atom. The average Bonchev–Trinajstić information content (AvgIpc) is 2.15. The highest BCUT2D eigenvalue weighted by Gasteiger charge is 1.92. The molecule has 0 radical (unpaired) electrons. The molecule has 0 aromatic heterocycles. The molecule has 0 aliphatic heterocycles. The van der Waals surface area contributed by atoms with Gasteiger partial charge in [0.2, 0.25) is 0 Å². The van der Waals surface area contributed by atoms with Gasteiger partial charge in [-0.2, -0.15) is 0 Å². The van der Waals surface area contributed by atoms with E-state index in [0.717, 1.165) is 19.7 Å². The van der Waals surface area contributed by atoms with Gasteiger partial charge in [-0.3, -0.25) is 0 Å². The zero-order chi connectivity index (χ0) is 10.6. The molecule has 0 aromatic carbocycles. The highest BCUT2D eigenvalue weighted by atomic mass is 127. The maximum atomic E-state index is 5.42. The lowest BCUT2D eigenvalue weighted by molar-refractivity contribution is 0.0809. The van der Waals surface area contributed by atoms with Crippen molar-refractivity contribution in [2.45, 2.75) is 45.6 Å². The molecule has 0 atom stereocenters. The van der Waals surface area contributed by atoms with Gasteiger partial charge in [-0.15, -0.1) is 0 Å². The van der Waals surface area contributed by atoms with Crippen LogP contribution < -0.4 is 5.32 Å². The van der Waals surface area contributed by atoms with Crippen LogP contribution >= 0.6 is 22.6 Å². The lowest BCUT2D eigenvalue weighted by Gasteiger charge is -2.08. The number of rotatable bonds is 10. The maximum absolute atomic E-state index is 5.42. The summed E-state index contributed by atoms with van der Waals surface area (Å²) in [5.74, 6) is 0. The van der Waals surface area contributed by atoms with Crippen molar-refractivity contribution < 1.29 is 4.74 Å². The Balaban J connectivity index is 2.85. The van der Waals surface area contributed by atoms with Crippen LogP contribution in [0.3, 0.4) is 0 Å². The fraction of sp³-hybridized carbons (Fsp3) is 1.00. The highest BCUT2D eigenvalue weighted by molar-refractivity contribution is 14.1. The molecule has 0 unspecified atom stereocenters. The third-order valence-electron chi connectivity index (χ3n) is 1.97. The Bertz CT molecular complexity index is 109. The maximum Gasteiger partial charge on any atom is 0.0594 e. The van der Waals surface area contributed by atoms with Gasteiger partial charge in [-0.1, -0.05) is 35.4 Å². The third-order valence-corrected chi connectivity index (χ3v) is 2.73. The van der Waals surface area contributed by atoms with Gasteiger partial charge in [-0.25, -0.2) is 0 Å². The Kier molecular flexibility index (Phi) is 12.3. The fourth-order valence-corrected chi connectivity index (χ4v) is 1.73. The molecule has 0 bridgehead atoms. The summed E-state index contributed by atoms with van der Waals surface area (Å²) in [5.41, 5.74) is 0. The molecule has 0 saturated carbocycles. The molecule has 0 spiro atoms. The topological polar surface area (TPSA) is 21.3 Å². The van der Waals surface area contributed by atoms with Gasteiger partial charge < -0.3 is 10.1 Å². The van der Waals surface area contributed by atoms with Crippen LogP contribution in [-0.2, 0) is 4.74 Å². The molecule has 0 aliphatic carbocycles. The summed E-state index contributed by atoms with van der Waals surface area (Å²) in [5, 5.41) is 3.39. The Hall–Kier alpha value is 0.650. The van der Waals surface area contributed by atoms with E-state index in [4.69, 9.17) is 4.74 Å². The SMILES string of the molecule is CC(C)OCCNCCCCCCI. The van der Waals surface area contributed by atoms with E-state index >= 15 is 0 Å². The quantitative estimate of drug-likeness (QED) is 0.380. The number of nitrogens with one attached hydrogen (secondary N) is 1. The summed E-state index contributed by atoms with van der Waals surface area (Å²) in [7, 11) is 0. The number of unbranched alkanes of at least 4 members (excludes halogenated alkanes) is 3. The number of ether oxygens (including phenoxy) is 1. The van der Waals surface area contributed by atoms with E-state index in [2.05, 4.69) is 41.8 Å². The molecule has 0 aromatic rings. The molecule has 2 nitrogen and oxygen atoms in total. The van der Waals surface area contributed by atoms with Crippen LogP contribution in [0.5, 0.6) is 0 Å². The summed E-state index contributed by atoms with van der Waals surface area (Å²) >= 11 is 2.44. The van der Waals surface area contributed by atoms with E-state index < -0.39 is 0 Å². The molecule has 0 fully saturated rings. The second-order valence-corrected chi connectivity index (χ2v) is 4.85.